The number of urea groups is 1. The van der Waals surface area contributed by atoms with Crippen LogP contribution in [-0.4, -0.2) is 28.6 Å². The van der Waals surface area contributed by atoms with Gasteiger partial charge in [-0.25, -0.2) is 9.59 Å². The van der Waals surface area contributed by atoms with E-state index in [-0.39, 0.29) is 5.54 Å². The van der Waals surface area contributed by atoms with E-state index in [1.54, 1.807) is 0 Å². The van der Waals surface area contributed by atoms with E-state index < -0.39 is 17.9 Å². The Kier molecular flexibility index (Phi) is 6.70. The first kappa shape index (κ1) is 16.1. The number of carbonyl (C=O) groups is 3. The van der Waals surface area contributed by atoms with Crippen molar-refractivity contribution in [3.8, 4) is 0 Å². The van der Waals surface area contributed by atoms with Crippen LogP contribution in [0.4, 0.5) is 4.79 Å². The van der Waals surface area contributed by atoms with Gasteiger partial charge in [0, 0.05) is 17.7 Å². The molecular weight excluding hydrogens is 236 g/mol. The van der Waals surface area contributed by atoms with Crippen LogP contribution < -0.4 is 10.6 Å². The van der Waals surface area contributed by atoms with E-state index in [9.17, 15) is 14.4 Å². The Labute approximate surface area is 106 Å². The summed E-state index contributed by atoms with van der Waals surface area (Å²) in [5.41, 5.74) is -0.332. The summed E-state index contributed by atoms with van der Waals surface area (Å²) in [7, 11) is 0. The molecule has 0 bridgehead atoms. The Bertz CT molecular complexity index is 338. The Hall–Kier alpha value is -1.85. The van der Waals surface area contributed by atoms with Crippen molar-refractivity contribution < 1.29 is 19.5 Å². The quantitative estimate of drug-likeness (QED) is 0.626. The van der Waals surface area contributed by atoms with E-state index in [1.165, 1.54) is 0 Å². The minimum atomic E-state index is -1.24. The number of rotatable bonds is 6. The van der Waals surface area contributed by atoms with Gasteiger partial charge in [0.2, 0.25) is 0 Å². The van der Waals surface area contributed by atoms with Crippen LogP contribution in [0.15, 0.2) is 12.2 Å². The van der Waals surface area contributed by atoms with Crippen molar-refractivity contribution in [2.24, 2.45) is 0 Å². The van der Waals surface area contributed by atoms with Crippen molar-refractivity contribution in [1.82, 2.24) is 10.6 Å². The third-order valence-electron chi connectivity index (χ3n) is 3.02. The molecule has 0 spiro atoms. The van der Waals surface area contributed by atoms with Gasteiger partial charge >= 0.3 is 12.0 Å². The molecule has 0 fully saturated rings. The van der Waals surface area contributed by atoms with Crippen LogP contribution in [0.5, 0.6) is 0 Å². The smallest absolute Gasteiger partial charge is 0.328 e. The molecule has 0 aromatic carbocycles. The minimum Gasteiger partial charge on any atom is -0.478 e. The van der Waals surface area contributed by atoms with Crippen molar-refractivity contribution >= 4 is 17.9 Å². The largest absolute Gasteiger partial charge is 0.478 e. The number of amides is 3. The van der Waals surface area contributed by atoms with Gasteiger partial charge < -0.3 is 10.4 Å². The summed E-state index contributed by atoms with van der Waals surface area (Å²) < 4.78 is 0. The second kappa shape index (κ2) is 7.47. The van der Waals surface area contributed by atoms with Gasteiger partial charge in [-0.05, 0) is 19.3 Å². The van der Waals surface area contributed by atoms with Gasteiger partial charge in [0.05, 0.1) is 0 Å². The monoisotopic (exact) mass is 256 g/mol. The lowest BCUT2D eigenvalue weighted by Crippen LogP contribution is -2.52. The molecule has 3 amide bonds. The van der Waals surface area contributed by atoms with Crippen molar-refractivity contribution in [3.05, 3.63) is 12.2 Å². The molecule has 0 unspecified atom stereocenters. The van der Waals surface area contributed by atoms with Crippen molar-refractivity contribution in [3.63, 3.8) is 0 Å². The first-order valence-electron chi connectivity index (χ1n) is 5.93. The highest BCUT2D eigenvalue weighted by Crippen LogP contribution is 2.18. The zero-order valence-electron chi connectivity index (χ0n) is 10.9. The standard InChI is InChI=1S/C12H20N2O4/c1-4-12(5-2,6-3)14-11(18)13-9(15)7-8-10(16)17/h7-8H,4-6H2,1-3H3,(H,16,17)(H2,13,14,15,18). The molecule has 0 heterocycles. The predicted octanol–water partition coefficient (Wildman–Crippen LogP) is 1.42. The number of aliphatic carboxylic acids is 1. The molecule has 0 aliphatic rings. The molecule has 0 saturated carbocycles. The molecule has 0 saturated heterocycles. The maximum Gasteiger partial charge on any atom is 0.328 e. The van der Waals surface area contributed by atoms with E-state index in [0.29, 0.717) is 6.08 Å². The van der Waals surface area contributed by atoms with E-state index in [1.807, 2.05) is 20.8 Å². The number of carboxylic acid groups (broad SMARTS) is 1. The second-order valence-corrected chi connectivity index (χ2v) is 3.96. The molecule has 0 rings (SSSR count). The fraction of sp³-hybridized carbons (Fsp3) is 0.583. The molecule has 0 atom stereocenters. The summed E-state index contributed by atoms with van der Waals surface area (Å²) in [6, 6.07) is -0.611. The van der Waals surface area contributed by atoms with E-state index in [2.05, 4.69) is 10.6 Å². The fourth-order valence-electron chi connectivity index (χ4n) is 1.59. The summed E-state index contributed by atoms with van der Waals surface area (Å²) in [4.78, 5) is 32.9. The maximum atomic E-state index is 11.6. The average molecular weight is 256 g/mol. The van der Waals surface area contributed by atoms with Crippen LogP contribution in [0.2, 0.25) is 0 Å². The summed E-state index contributed by atoms with van der Waals surface area (Å²) >= 11 is 0. The lowest BCUT2D eigenvalue weighted by atomic mass is 9.90. The Balaban J connectivity index is 4.42. The number of nitrogens with one attached hydrogen (secondary N) is 2. The van der Waals surface area contributed by atoms with Gasteiger partial charge in [-0.1, -0.05) is 20.8 Å². The minimum absolute atomic E-state index is 0.332. The van der Waals surface area contributed by atoms with Gasteiger partial charge in [-0.2, -0.15) is 0 Å². The topological polar surface area (TPSA) is 95.5 Å². The summed E-state index contributed by atoms with van der Waals surface area (Å²) in [6.07, 6.45) is 3.74. The summed E-state index contributed by atoms with van der Waals surface area (Å²) in [5.74, 6) is -2.00. The van der Waals surface area contributed by atoms with E-state index >= 15 is 0 Å². The van der Waals surface area contributed by atoms with Crippen molar-refractivity contribution in [2.45, 2.75) is 45.6 Å². The SMILES string of the molecule is CCC(CC)(CC)NC(=O)NC(=O)C=CC(=O)O. The van der Waals surface area contributed by atoms with Crippen LogP contribution in [-0.2, 0) is 9.59 Å². The molecule has 0 aromatic rings. The molecule has 0 aliphatic carbocycles. The maximum absolute atomic E-state index is 11.6. The Morgan fingerprint density at radius 3 is 1.94 bits per heavy atom. The van der Waals surface area contributed by atoms with Gasteiger partial charge in [0.15, 0.2) is 0 Å². The van der Waals surface area contributed by atoms with E-state index in [4.69, 9.17) is 5.11 Å². The normalized spacial score (nSPS) is 11.3. The van der Waals surface area contributed by atoms with Crippen molar-refractivity contribution in [1.29, 1.82) is 0 Å². The molecule has 0 aromatic heterocycles. The number of hydrogen-bond donors (Lipinski definition) is 3. The Morgan fingerprint density at radius 2 is 1.56 bits per heavy atom. The van der Waals surface area contributed by atoms with Gasteiger partial charge in [0.1, 0.15) is 0 Å². The second-order valence-electron chi connectivity index (χ2n) is 3.96. The van der Waals surface area contributed by atoms with Crippen LogP contribution in [0.1, 0.15) is 40.0 Å². The van der Waals surface area contributed by atoms with Gasteiger partial charge in [0.25, 0.3) is 5.91 Å². The molecule has 18 heavy (non-hydrogen) atoms. The fourth-order valence-corrected chi connectivity index (χ4v) is 1.59. The lowest BCUT2D eigenvalue weighted by Gasteiger charge is -2.31. The zero-order chi connectivity index (χ0) is 14.2. The predicted molar refractivity (Wildman–Crippen MR) is 67.1 cm³/mol. The third kappa shape index (κ3) is 5.47. The third-order valence-corrected chi connectivity index (χ3v) is 3.02. The van der Waals surface area contributed by atoms with Gasteiger partial charge in [-0.15, -0.1) is 0 Å². The zero-order valence-corrected chi connectivity index (χ0v) is 10.9. The molecule has 0 aliphatic heterocycles. The first-order chi connectivity index (χ1) is 8.39. The Morgan fingerprint density at radius 1 is 1.06 bits per heavy atom. The molecule has 0 radical (unpaired) electrons. The molecule has 6 heteroatoms. The highest BCUT2D eigenvalue weighted by molar-refractivity contribution is 6.02. The van der Waals surface area contributed by atoms with Crippen LogP contribution in [0.25, 0.3) is 0 Å². The number of carboxylic acids is 1. The molecule has 102 valence electrons. The van der Waals surface area contributed by atoms with Gasteiger partial charge in [-0.3, -0.25) is 10.1 Å². The van der Waals surface area contributed by atoms with E-state index in [0.717, 1.165) is 25.3 Å². The first-order valence-corrected chi connectivity index (χ1v) is 5.93. The molecule has 6 nitrogen and oxygen atoms in total. The summed E-state index contributed by atoms with van der Waals surface area (Å²) in [6.45, 7) is 5.87. The lowest BCUT2D eigenvalue weighted by molar-refractivity contribution is -0.131. The van der Waals surface area contributed by atoms with Crippen molar-refractivity contribution in [2.75, 3.05) is 0 Å². The summed E-state index contributed by atoms with van der Waals surface area (Å²) in [5, 5.41) is 13.1. The number of carbonyl (C=O) groups excluding carboxylic acids is 2. The average Bonchev–Trinajstić information content (AvgIpc) is 2.33. The van der Waals surface area contributed by atoms with Crippen LogP contribution in [0.3, 0.4) is 0 Å². The van der Waals surface area contributed by atoms with Crippen LogP contribution in [0, 0.1) is 0 Å². The number of hydrogen-bond acceptors (Lipinski definition) is 3. The molecular formula is C12H20N2O4. The molecule has 3 N–H and O–H groups in total. The van der Waals surface area contributed by atoms with Crippen LogP contribution >= 0.6 is 0 Å². The number of imide groups is 1. The highest BCUT2D eigenvalue weighted by atomic mass is 16.4. The highest BCUT2D eigenvalue weighted by Gasteiger charge is 2.26.